The van der Waals surface area contributed by atoms with Gasteiger partial charge in [-0.2, -0.15) is 0 Å². The van der Waals surface area contributed by atoms with Crippen molar-refractivity contribution in [2.45, 2.75) is 31.9 Å². The molecule has 2 aliphatic heterocycles. The molecule has 2 fully saturated rings. The summed E-state index contributed by atoms with van der Waals surface area (Å²) in [5.41, 5.74) is 0. The number of hydrogen-bond acceptors (Lipinski definition) is 4. The third-order valence-corrected chi connectivity index (χ3v) is 3.78. The molecule has 0 aromatic rings. The lowest BCUT2D eigenvalue weighted by Gasteiger charge is -2.32. The Balaban J connectivity index is 1.86. The van der Waals surface area contributed by atoms with Crippen molar-refractivity contribution in [2.75, 3.05) is 32.9 Å². The molecule has 0 aromatic heterocycles. The molecule has 2 saturated heterocycles. The Labute approximate surface area is 118 Å². The van der Waals surface area contributed by atoms with E-state index in [2.05, 4.69) is 5.32 Å². The summed E-state index contributed by atoms with van der Waals surface area (Å²) in [5, 5.41) is 11.9. The van der Waals surface area contributed by atoms with Gasteiger partial charge in [0.1, 0.15) is 6.10 Å². The lowest BCUT2D eigenvalue weighted by Crippen LogP contribution is -2.52. The zero-order valence-electron chi connectivity index (χ0n) is 11.7. The number of carboxylic acid groups (broad SMARTS) is 1. The molecule has 7 nitrogen and oxygen atoms in total. The topological polar surface area (TPSA) is 88.1 Å². The van der Waals surface area contributed by atoms with Crippen LogP contribution < -0.4 is 5.32 Å². The second-order valence-corrected chi connectivity index (χ2v) is 5.21. The van der Waals surface area contributed by atoms with Crippen molar-refractivity contribution in [3.63, 3.8) is 0 Å². The molecule has 20 heavy (non-hydrogen) atoms. The smallest absolute Gasteiger partial charge is 0.317 e. The van der Waals surface area contributed by atoms with Crippen LogP contribution in [0.15, 0.2) is 0 Å². The maximum Gasteiger partial charge on any atom is 0.317 e. The number of nitrogens with one attached hydrogen (secondary N) is 1. The van der Waals surface area contributed by atoms with Gasteiger partial charge in [0.2, 0.25) is 0 Å². The van der Waals surface area contributed by atoms with Crippen molar-refractivity contribution < 1.29 is 24.2 Å². The number of likely N-dealkylation sites (tertiary alicyclic amines) is 1. The molecular formula is C13H22N2O5. The second kappa shape index (κ2) is 6.90. The van der Waals surface area contributed by atoms with E-state index < -0.39 is 11.9 Å². The number of rotatable bonds is 4. The van der Waals surface area contributed by atoms with Gasteiger partial charge in [-0.15, -0.1) is 0 Å². The van der Waals surface area contributed by atoms with Gasteiger partial charge in [0.15, 0.2) is 0 Å². The molecule has 2 rings (SSSR count). The highest BCUT2D eigenvalue weighted by Gasteiger charge is 2.33. The normalized spacial score (nSPS) is 30.2. The lowest BCUT2D eigenvalue weighted by molar-refractivity contribution is -0.143. The molecule has 0 aliphatic carbocycles. The average Bonchev–Trinajstić information content (AvgIpc) is 2.86. The summed E-state index contributed by atoms with van der Waals surface area (Å²) in [4.78, 5) is 24.8. The first-order chi connectivity index (χ1) is 9.61. The van der Waals surface area contributed by atoms with E-state index in [0.29, 0.717) is 32.8 Å². The zero-order valence-corrected chi connectivity index (χ0v) is 11.7. The quantitative estimate of drug-likeness (QED) is 0.776. The fraction of sp³-hybridized carbons (Fsp3) is 0.846. The van der Waals surface area contributed by atoms with Crippen LogP contribution in [0.25, 0.3) is 0 Å². The Bertz CT molecular complexity index is 363. The summed E-state index contributed by atoms with van der Waals surface area (Å²) in [6.07, 6.45) is 1.23. The van der Waals surface area contributed by atoms with Crippen LogP contribution in [-0.4, -0.2) is 67.1 Å². The summed E-state index contributed by atoms with van der Waals surface area (Å²) in [6.45, 7) is 4.27. The molecule has 0 bridgehead atoms. The average molecular weight is 286 g/mol. The van der Waals surface area contributed by atoms with Crippen molar-refractivity contribution in [1.82, 2.24) is 10.2 Å². The van der Waals surface area contributed by atoms with Crippen LogP contribution >= 0.6 is 0 Å². The van der Waals surface area contributed by atoms with Crippen molar-refractivity contribution in [1.29, 1.82) is 0 Å². The van der Waals surface area contributed by atoms with E-state index in [1.165, 1.54) is 0 Å². The maximum atomic E-state index is 12.2. The number of nitrogens with zero attached hydrogens (tertiary/aromatic N) is 1. The Morgan fingerprint density at radius 2 is 2.25 bits per heavy atom. The van der Waals surface area contributed by atoms with Crippen molar-refractivity contribution >= 4 is 12.0 Å². The molecule has 2 aliphatic rings. The Morgan fingerprint density at radius 3 is 2.95 bits per heavy atom. The molecule has 2 N–H and O–H groups in total. The predicted octanol–water partition coefficient (Wildman–Crippen LogP) is 0.297. The first-order valence-electron chi connectivity index (χ1n) is 7.09. The second-order valence-electron chi connectivity index (χ2n) is 5.21. The van der Waals surface area contributed by atoms with Gasteiger partial charge in [-0.25, -0.2) is 4.79 Å². The van der Waals surface area contributed by atoms with E-state index in [0.717, 1.165) is 6.42 Å². The minimum atomic E-state index is -0.834. The molecule has 0 radical (unpaired) electrons. The molecule has 1 unspecified atom stereocenters. The Morgan fingerprint density at radius 1 is 1.45 bits per heavy atom. The van der Waals surface area contributed by atoms with E-state index in [9.17, 15) is 9.59 Å². The molecule has 7 heteroatoms. The number of amides is 2. The number of carboxylic acids is 1. The largest absolute Gasteiger partial charge is 0.481 e. The molecule has 3 atom stereocenters. The number of urea groups is 1. The van der Waals surface area contributed by atoms with Crippen LogP contribution in [0.4, 0.5) is 4.79 Å². The number of carbonyl (C=O) groups excluding carboxylic acids is 1. The molecule has 0 aromatic carbocycles. The van der Waals surface area contributed by atoms with E-state index >= 15 is 0 Å². The number of ether oxygens (including phenoxy) is 2. The fourth-order valence-corrected chi connectivity index (χ4v) is 2.66. The summed E-state index contributed by atoms with van der Waals surface area (Å²) in [7, 11) is 0. The van der Waals surface area contributed by atoms with Gasteiger partial charge >= 0.3 is 12.0 Å². The summed E-state index contributed by atoms with van der Waals surface area (Å²) < 4.78 is 10.8. The lowest BCUT2D eigenvalue weighted by atomic mass is 9.99. The van der Waals surface area contributed by atoms with Gasteiger partial charge in [-0.3, -0.25) is 4.79 Å². The summed E-state index contributed by atoms with van der Waals surface area (Å²) >= 11 is 0. The predicted molar refractivity (Wildman–Crippen MR) is 70.5 cm³/mol. The highest BCUT2D eigenvalue weighted by molar-refractivity contribution is 5.76. The van der Waals surface area contributed by atoms with Crippen LogP contribution in [0.3, 0.4) is 0 Å². The van der Waals surface area contributed by atoms with Crippen LogP contribution in [0.5, 0.6) is 0 Å². The number of hydrogen-bond donors (Lipinski definition) is 2. The monoisotopic (exact) mass is 286 g/mol. The summed E-state index contributed by atoms with van der Waals surface area (Å²) in [5.74, 6) is -1.30. The van der Waals surface area contributed by atoms with Crippen molar-refractivity contribution in [2.24, 2.45) is 5.92 Å². The molecular weight excluding hydrogens is 264 g/mol. The number of piperidine rings is 1. The SMILES string of the molecule is CCO[C@@H]1COC[C@H]1NC(=O)N1CCCC(C(=O)O)C1. The van der Waals surface area contributed by atoms with E-state index in [1.54, 1.807) is 4.90 Å². The van der Waals surface area contributed by atoms with Crippen LogP contribution in [0.2, 0.25) is 0 Å². The fourth-order valence-electron chi connectivity index (χ4n) is 2.66. The summed E-state index contributed by atoms with van der Waals surface area (Å²) in [6, 6.07) is -0.385. The van der Waals surface area contributed by atoms with Gasteiger partial charge in [0, 0.05) is 19.7 Å². The molecule has 114 valence electrons. The Hall–Kier alpha value is -1.34. The first kappa shape index (κ1) is 15.1. The van der Waals surface area contributed by atoms with Gasteiger partial charge in [0.05, 0.1) is 25.2 Å². The first-order valence-corrected chi connectivity index (χ1v) is 7.09. The van der Waals surface area contributed by atoms with E-state index in [-0.39, 0.29) is 24.7 Å². The van der Waals surface area contributed by atoms with Crippen molar-refractivity contribution in [3.8, 4) is 0 Å². The molecule has 0 saturated carbocycles. The van der Waals surface area contributed by atoms with E-state index in [1.807, 2.05) is 6.92 Å². The molecule has 2 amide bonds. The van der Waals surface area contributed by atoms with E-state index in [4.69, 9.17) is 14.6 Å². The Kier molecular flexibility index (Phi) is 5.19. The van der Waals surface area contributed by atoms with Crippen LogP contribution in [0, 0.1) is 5.92 Å². The van der Waals surface area contributed by atoms with Crippen molar-refractivity contribution in [3.05, 3.63) is 0 Å². The van der Waals surface area contributed by atoms with Gasteiger partial charge in [0.25, 0.3) is 0 Å². The highest BCUT2D eigenvalue weighted by Crippen LogP contribution is 2.17. The standard InChI is InChI=1S/C13H22N2O5/c1-2-20-11-8-19-7-10(11)14-13(18)15-5-3-4-9(6-15)12(16)17/h9-11H,2-8H2,1H3,(H,14,18)(H,16,17)/t9?,10-,11-/m1/s1. The van der Waals surface area contributed by atoms with Gasteiger partial charge in [-0.05, 0) is 19.8 Å². The molecule has 0 spiro atoms. The van der Waals surface area contributed by atoms with Crippen LogP contribution in [0.1, 0.15) is 19.8 Å². The third-order valence-electron chi connectivity index (χ3n) is 3.78. The van der Waals surface area contributed by atoms with Gasteiger partial charge in [-0.1, -0.05) is 0 Å². The van der Waals surface area contributed by atoms with Crippen LogP contribution in [-0.2, 0) is 14.3 Å². The zero-order chi connectivity index (χ0) is 14.5. The minimum absolute atomic E-state index is 0.121. The molecule has 2 heterocycles. The highest BCUT2D eigenvalue weighted by atomic mass is 16.5. The maximum absolute atomic E-state index is 12.2. The minimum Gasteiger partial charge on any atom is -0.481 e. The third kappa shape index (κ3) is 3.61. The van der Waals surface area contributed by atoms with Gasteiger partial charge < -0.3 is 24.8 Å². The number of carbonyl (C=O) groups is 2. The number of aliphatic carboxylic acids is 1.